The average molecular weight is 465 g/mol. The lowest BCUT2D eigenvalue weighted by molar-refractivity contribution is 0.0297. The van der Waals surface area contributed by atoms with Gasteiger partial charge in [0, 0.05) is 53.8 Å². The molecule has 9 heteroatoms. The highest BCUT2D eigenvalue weighted by atomic mass is 35.5. The van der Waals surface area contributed by atoms with Crippen molar-refractivity contribution < 1.29 is 13.9 Å². The van der Waals surface area contributed by atoms with E-state index in [1.54, 1.807) is 17.8 Å². The van der Waals surface area contributed by atoms with Crippen LogP contribution in [0.3, 0.4) is 0 Å². The van der Waals surface area contributed by atoms with E-state index < -0.39 is 0 Å². The number of thioether (sulfide) groups is 1. The molecule has 2 fully saturated rings. The van der Waals surface area contributed by atoms with E-state index in [1.165, 1.54) is 6.07 Å². The van der Waals surface area contributed by atoms with Crippen molar-refractivity contribution in [3.63, 3.8) is 0 Å². The van der Waals surface area contributed by atoms with Gasteiger partial charge in [0.2, 0.25) is 0 Å². The molecule has 31 heavy (non-hydrogen) atoms. The van der Waals surface area contributed by atoms with E-state index in [-0.39, 0.29) is 17.8 Å². The normalized spacial score (nSPS) is 21.6. The summed E-state index contributed by atoms with van der Waals surface area (Å²) < 4.78 is 21.4. The number of carbonyl (C=O) groups is 1. The van der Waals surface area contributed by atoms with Gasteiger partial charge < -0.3 is 14.5 Å². The van der Waals surface area contributed by atoms with Gasteiger partial charge in [-0.1, -0.05) is 0 Å². The summed E-state index contributed by atoms with van der Waals surface area (Å²) in [6.07, 6.45) is 2.07. The lowest BCUT2D eigenvalue weighted by Gasteiger charge is -2.33. The molecule has 3 aliphatic rings. The fourth-order valence-corrected chi connectivity index (χ4v) is 6.09. The molecule has 1 atom stereocenters. The maximum Gasteiger partial charge on any atom is 0.274 e. The Morgan fingerprint density at radius 3 is 2.94 bits per heavy atom. The van der Waals surface area contributed by atoms with Gasteiger partial charge in [-0.15, -0.1) is 23.4 Å². The number of halogens is 2. The monoisotopic (exact) mass is 464 g/mol. The summed E-state index contributed by atoms with van der Waals surface area (Å²) in [6.45, 7) is 5.02. The molecule has 1 aromatic carbocycles. The molecule has 0 saturated carbocycles. The number of ether oxygens (including phenoxy) is 1. The van der Waals surface area contributed by atoms with Crippen molar-refractivity contribution in [2.75, 3.05) is 51.8 Å². The number of rotatable bonds is 4. The Kier molecular flexibility index (Phi) is 6.23. The first-order chi connectivity index (χ1) is 15.2. The van der Waals surface area contributed by atoms with Crippen LogP contribution in [0.4, 0.5) is 4.39 Å². The number of carbonyl (C=O) groups excluding carboxylic acids is 1. The SMILES string of the molecule is O=C(c1nn(C2CCCN(CCCl)C2)c2c1CSc1cc(F)ccc1-2)N1CCOCC1. The van der Waals surface area contributed by atoms with Crippen LogP contribution in [0.25, 0.3) is 11.3 Å². The smallest absolute Gasteiger partial charge is 0.274 e. The van der Waals surface area contributed by atoms with Gasteiger partial charge in [0.05, 0.1) is 24.9 Å². The van der Waals surface area contributed by atoms with Gasteiger partial charge in [-0.05, 0) is 37.6 Å². The van der Waals surface area contributed by atoms with Crippen molar-refractivity contribution in [3.05, 3.63) is 35.3 Å². The molecule has 1 unspecified atom stereocenters. The number of nitrogens with zero attached hydrogens (tertiary/aromatic N) is 4. The second-order valence-electron chi connectivity index (χ2n) is 8.24. The summed E-state index contributed by atoms with van der Waals surface area (Å²) in [4.78, 5) is 18.5. The van der Waals surface area contributed by atoms with Crippen molar-refractivity contribution in [1.29, 1.82) is 0 Å². The van der Waals surface area contributed by atoms with E-state index >= 15 is 0 Å². The highest BCUT2D eigenvalue weighted by molar-refractivity contribution is 7.98. The van der Waals surface area contributed by atoms with Crippen LogP contribution in [0.1, 0.15) is 34.9 Å². The van der Waals surface area contributed by atoms with Crippen LogP contribution in [-0.4, -0.2) is 77.3 Å². The van der Waals surface area contributed by atoms with Crippen molar-refractivity contribution >= 4 is 29.3 Å². The predicted molar refractivity (Wildman–Crippen MR) is 119 cm³/mol. The molecule has 0 N–H and O–H groups in total. The van der Waals surface area contributed by atoms with E-state index in [0.29, 0.717) is 43.6 Å². The van der Waals surface area contributed by atoms with E-state index in [9.17, 15) is 9.18 Å². The number of fused-ring (bicyclic) bond motifs is 3. The molecule has 166 valence electrons. The second kappa shape index (κ2) is 9.10. The van der Waals surface area contributed by atoms with Crippen LogP contribution in [0.15, 0.2) is 23.1 Å². The van der Waals surface area contributed by atoms with Gasteiger partial charge in [0.1, 0.15) is 5.82 Å². The Labute approximate surface area is 190 Å². The third-order valence-electron chi connectivity index (χ3n) is 6.31. The molecule has 1 amide bonds. The van der Waals surface area contributed by atoms with Gasteiger partial charge in [-0.3, -0.25) is 9.48 Å². The summed E-state index contributed by atoms with van der Waals surface area (Å²) in [6, 6.07) is 5.08. The Hall–Kier alpha value is -1.61. The Morgan fingerprint density at radius 1 is 1.29 bits per heavy atom. The molecule has 5 rings (SSSR count). The third-order valence-corrected chi connectivity index (χ3v) is 7.56. The predicted octanol–water partition coefficient (Wildman–Crippen LogP) is 3.64. The standard InChI is InChI=1S/C22H26ClFN4O2S/c23-5-7-26-6-1-2-16(13-26)28-21-17-4-3-15(24)12-19(17)31-14-18(21)20(25-28)22(29)27-8-10-30-11-9-27/h3-4,12,16H,1-2,5-11,13-14H2. The molecule has 0 spiro atoms. The van der Waals surface area contributed by atoms with Crippen LogP contribution >= 0.6 is 23.4 Å². The summed E-state index contributed by atoms with van der Waals surface area (Å²) in [5.41, 5.74) is 3.45. The third kappa shape index (κ3) is 4.11. The summed E-state index contributed by atoms with van der Waals surface area (Å²) in [5, 5.41) is 4.92. The maximum atomic E-state index is 13.9. The lowest BCUT2D eigenvalue weighted by Crippen LogP contribution is -2.41. The van der Waals surface area contributed by atoms with Gasteiger partial charge in [-0.2, -0.15) is 5.10 Å². The number of hydrogen-bond acceptors (Lipinski definition) is 5. The van der Waals surface area contributed by atoms with Crippen LogP contribution in [-0.2, 0) is 10.5 Å². The first-order valence-electron chi connectivity index (χ1n) is 10.8. The minimum absolute atomic E-state index is 0.0297. The highest BCUT2D eigenvalue weighted by Crippen LogP contribution is 2.45. The van der Waals surface area contributed by atoms with Crippen molar-refractivity contribution in [3.8, 4) is 11.3 Å². The number of aromatic nitrogens is 2. The zero-order valence-electron chi connectivity index (χ0n) is 17.4. The van der Waals surface area contributed by atoms with Gasteiger partial charge in [0.25, 0.3) is 5.91 Å². The molecular weight excluding hydrogens is 439 g/mol. The average Bonchev–Trinajstić information content (AvgIpc) is 3.19. The quantitative estimate of drug-likeness (QED) is 0.646. The van der Waals surface area contributed by atoms with E-state index in [1.807, 2.05) is 11.0 Å². The van der Waals surface area contributed by atoms with E-state index in [0.717, 1.165) is 54.2 Å². The van der Waals surface area contributed by atoms with Crippen LogP contribution < -0.4 is 0 Å². The molecule has 0 aliphatic carbocycles. The number of benzene rings is 1. The zero-order valence-corrected chi connectivity index (χ0v) is 18.9. The maximum absolute atomic E-state index is 13.9. The fraction of sp³-hybridized carbons (Fsp3) is 0.545. The number of alkyl halides is 1. The summed E-state index contributed by atoms with van der Waals surface area (Å²) >= 11 is 7.57. The number of hydrogen-bond donors (Lipinski definition) is 0. The molecular formula is C22H26ClFN4O2S. The summed E-state index contributed by atoms with van der Waals surface area (Å²) in [7, 11) is 0. The number of likely N-dealkylation sites (tertiary alicyclic amines) is 1. The topological polar surface area (TPSA) is 50.6 Å². The molecule has 2 saturated heterocycles. The fourth-order valence-electron chi connectivity index (χ4n) is 4.76. The van der Waals surface area contributed by atoms with Crippen molar-refractivity contribution in [2.24, 2.45) is 0 Å². The Morgan fingerprint density at radius 2 is 2.13 bits per heavy atom. The number of piperidine rings is 1. The summed E-state index contributed by atoms with van der Waals surface area (Å²) in [5.74, 6) is 0.952. The first-order valence-corrected chi connectivity index (χ1v) is 12.4. The largest absolute Gasteiger partial charge is 0.378 e. The van der Waals surface area contributed by atoms with E-state index in [2.05, 4.69) is 9.58 Å². The zero-order chi connectivity index (χ0) is 21.4. The first kappa shape index (κ1) is 21.2. The van der Waals surface area contributed by atoms with Gasteiger partial charge >= 0.3 is 0 Å². The molecule has 2 aromatic rings. The number of morpholine rings is 1. The number of amides is 1. The minimum Gasteiger partial charge on any atom is -0.378 e. The van der Waals surface area contributed by atoms with Crippen molar-refractivity contribution in [1.82, 2.24) is 19.6 Å². The van der Waals surface area contributed by atoms with Gasteiger partial charge in [-0.25, -0.2) is 4.39 Å². The Balaban J connectivity index is 1.58. The molecule has 4 heterocycles. The van der Waals surface area contributed by atoms with Crippen LogP contribution in [0.2, 0.25) is 0 Å². The van der Waals surface area contributed by atoms with Crippen molar-refractivity contribution in [2.45, 2.75) is 29.5 Å². The molecule has 1 aromatic heterocycles. The molecule has 3 aliphatic heterocycles. The molecule has 6 nitrogen and oxygen atoms in total. The lowest BCUT2D eigenvalue weighted by atomic mass is 10.0. The van der Waals surface area contributed by atoms with E-state index in [4.69, 9.17) is 21.4 Å². The van der Waals surface area contributed by atoms with Crippen LogP contribution in [0.5, 0.6) is 0 Å². The minimum atomic E-state index is -0.240. The molecule has 0 bridgehead atoms. The molecule has 0 radical (unpaired) electrons. The Bertz CT molecular complexity index is 977. The van der Waals surface area contributed by atoms with Gasteiger partial charge in [0.15, 0.2) is 5.69 Å². The second-order valence-corrected chi connectivity index (χ2v) is 9.63. The highest BCUT2D eigenvalue weighted by Gasteiger charge is 2.34. The van der Waals surface area contributed by atoms with Crippen LogP contribution in [0, 0.1) is 5.82 Å².